The largest absolute Gasteiger partial charge is 0.325 e. The summed E-state index contributed by atoms with van der Waals surface area (Å²) in [5, 5.41) is 6.07. The van der Waals surface area contributed by atoms with E-state index in [0.29, 0.717) is 23.9 Å². The zero-order chi connectivity index (χ0) is 22.1. The summed E-state index contributed by atoms with van der Waals surface area (Å²) in [6.07, 6.45) is 8.26. The van der Waals surface area contributed by atoms with Crippen molar-refractivity contribution in [3.63, 3.8) is 0 Å². The summed E-state index contributed by atoms with van der Waals surface area (Å²) in [5.74, 6) is 0.886. The van der Waals surface area contributed by atoms with Crippen molar-refractivity contribution in [2.75, 3.05) is 6.54 Å². The van der Waals surface area contributed by atoms with Crippen LogP contribution in [0.4, 0.5) is 0 Å². The zero-order valence-electron chi connectivity index (χ0n) is 18.5. The van der Waals surface area contributed by atoms with Crippen molar-refractivity contribution in [1.82, 2.24) is 15.5 Å². The van der Waals surface area contributed by atoms with Gasteiger partial charge < -0.3 is 16.0 Å². The molecule has 7 rings (SSSR count). The first-order valence-electron chi connectivity index (χ1n) is 12.1. The molecule has 3 amide bonds. The number of rotatable bonds is 5. The van der Waals surface area contributed by atoms with Gasteiger partial charge in [-0.25, -0.2) is 0 Å². The van der Waals surface area contributed by atoms with Crippen LogP contribution in [0.25, 0.3) is 0 Å². The SMILES string of the molecule is NC12CC3CC(C1)CC(CNCc1ccc4c(c1)CN(C1CCC(=O)NC1=O)C4=O)(C3)C2. The number of benzene rings is 1. The molecule has 0 spiro atoms. The first-order chi connectivity index (χ1) is 15.3. The summed E-state index contributed by atoms with van der Waals surface area (Å²) in [4.78, 5) is 38.2. The molecule has 4 N–H and O–H groups in total. The van der Waals surface area contributed by atoms with E-state index in [4.69, 9.17) is 5.73 Å². The lowest BCUT2D eigenvalue weighted by atomic mass is 9.47. The number of carbonyl (C=O) groups excluding carboxylic acids is 3. The van der Waals surface area contributed by atoms with Gasteiger partial charge in [0, 0.05) is 37.2 Å². The van der Waals surface area contributed by atoms with Gasteiger partial charge in [0.1, 0.15) is 6.04 Å². The normalized spacial score (nSPS) is 37.7. The Morgan fingerprint density at radius 1 is 1.12 bits per heavy atom. The smallest absolute Gasteiger partial charge is 0.255 e. The molecular formula is C25H32N4O3. The maximum absolute atomic E-state index is 12.9. The van der Waals surface area contributed by atoms with Gasteiger partial charge >= 0.3 is 0 Å². The highest BCUT2D eigenvalue weighted by Gasteiger charge is 2.55. The van der Waals surface area contributed by atoms with Gasteiger partial charge in [0.25, 0.3) is 5.91 Å². The predicted octanol–water partition coefficient (Wildman–Crippen LogP) is 1.83. The van der Waals surface area contributed by atoms with Crippen LogP contribution < -0.4 is 16.4 Å². The van der Waals surface area contributed by atoms with Gasteiger partial charge in [-0.15, -0.1) is 0 Å². The standard InChI is InChI=1S/C25H32N4O3/c26-25-9-16-5-17(10-25)8-24(7-16,13-25)14-27-11-15-1-2-19-18(6-15)12-29(23(19)32)20-3-4-21(30)28-22(20)31/h1-2,6,16-17,20,27H,3-5,7-14,26H2,(H,28,30,31). The molecule has 170 valence electrons. The molecule has 7 nitrogen and oxygen atoms in total. The van der Waals surface area contributed by atoms with E-state index in [2.05, 4.69) is 16.7 Å². The highest BCUT2D eigenvalue weighted by Crippen LogP contribution is 2.60. The van der Waals surface area contributed by atoms with Crippen LogP contribution in [0.15, 0.2) is 18.2 Å². The maximum atomic E-state index is 12.9. The summed E-state index contributed by atoms with van der Waals surface area (Å²) in [7, 11) is 0. The lowest BCUT2D eigenvalue weighted by Crippen LogP contribution is -2.62. The third-order valence-corrected chi connectivity index (χ3v) is 8.64. The highest BCUT2D eigenvalue weighted by atomic mass is 16.2. The number of hydrogen-bond acceptors (Lipinski definition) is 5. The summed E-state index contributed by atoms with van der Waals surface area (Å²) in [6.45, 7) is 2.21. The molecule has 5 fully saturated rings. The molecule has 3 unspecified atom stereocenters. The van der Waals surface area contributed by atoms with Gasteiger partial charge in [-0.1, -0.05) is 12.1 Å². The average molecular weight is 437 g/mol. The van der Waals surface area contributed by atoms with Crippen LogP contribution in [0.3, 0.4) is 0 Å². The minimum absolute atomic E-state index is 0.0686. The highest BCUT2D eigenvalue weighted by molar-refractivity contribution is 6.05. The molecule has 7 heteroatoms. The molecule has 32 heavy (non-hydrogen) atoms. The van der Waals surface area contributed by atoms with Crippen molar-refractivity contribution < 1.29 is 14.4 Å². The second-order valence-electron chi connectivity index (χ2n) is 11.3. The van der Waals surface area contributed by atoms with E-state index in [1.807, 2.05) is 12.1 Å². The lowest BCUT2D eigenvalue weighted by Gasteiger charge is -2.61. The second-order valence-corrected chi connectivity index (χ2v) is 11.3. The maximum Gasteiger partial charge on any atom is 0.255 e. The van der Waals surface area contributed by atoms with E-state index >= 15 is 0 Å². The lowest BCUT2D eigenvalue weighted by molar-refractivity contribution is -0.136. The zero-order valence-corrected chi connectivity index (χ0v) is 18.5. The van der Waals surface area contributed by atoms with Crippen molar-refractivity contribution in [3.8, 4) is 0 Å². The van der Waals surface area contributed by atoms with Crippen molar-refractivity contribution in [2.24, 2.45) is 23.0 Å². The molecule has 0 aromatic heterocycles. The Labute approximate surface area is 188 Å². The third kappa shape index (κ3) is 3.37. The molecule has 3 atom stereocenters. The molecule has 4 bridgehead atoms. The van der Waals surface area contributed by atoms with Crippen LogP contribution in [0, 0.1) is 17.3 Å². The Kier molecular flexibility index (Phi) is 4.53. The van der Waals surface area contributed by atoms with Gasteiger partial charge in [0.05, 0.1) is 0 Å². The van der Waals surface area contributed by atoms with E-state index in [0.717, 1.165) is 42.5 Å². The molecular weight excluding hydrogens is 404 g/mol. The van der Waals surface area contributed by atoms with Gasteiger partial charge in [0.2, 0.25) is 11.8 Å². The topological polar surface area (TPSA) is 105 Å². The van der Waals surface area contributed by atoms with Crippen LogP contribution in [0.5, 0.6) is 0 Å². The molecule has 4 saturated carbocycles. The monoisotopic (exact) mass is 436 g/mol. The van der Waals surface area contributed by atoms with Gasteiger partial charge in [-0.3, -0.25) is 19.7 Å². The molecule has 6 aliphatic rings. The van der Waals surface area contributed by atoms with Crippen molar-refractivity contribution in [1.29, 1.82) is 0 Å². The Morgan fingerprint density at radius 3 is 2.62 bits per heavy atom. The number of carbonyl (C=O) groups is 3. The molecule has 1 aromatic rings. The minimum atomic E-state index is -0.561. The van der Waals surface area contributed by atoms with Gasteiger partial charge in [-0.05, 0) is 79.4 Å². The Bertz CT molecular complexity index is 991. The van der Waals surface area contributed by atoms with Crippen LogP contribution >= 0.6 is 0 Å². The Balaban J connectivity index is 1.10. The number of fused-ring (bicyclic) bond motifs is 1. The number of piperidine rings is 1. The van der Waals surface area contributed by atoms with Crippen LogP contribution in [-0.4, -0.2) is 40.7 Å². The fraction of sp³-hybridized carbons (Fsp3) is 0.640. The van der Waals surface area contributed by atoms with Crippen LogP contribution in [0.2, 0.25) is 0 Å². The molecule has 1 saturated heterocycles. The molecule has 2 aliphatic heterocycles. The average Bonchev–Trinajstić information content (AvgIpc) is 3.02. The van der Waals surface area contributed by atoms with Crippen molar-refractivity contribution >= 4 is 17.7 Å². The van der Waals surface area contributed by atoms with Crippen molar-refractivity contribution in [2.45, 2.75) is 76.0 Å². The number of imide groups is 1. The second kappa shape index (κ2) is 7.12. The molecule has 0 radical (unpaired) electrons. The van der Waals surface area contributed by atoms with Crippen LogP contribution in [0.1, 0.15) is 72.9 Å². The summed E-state index contributed by atoms with van der Waals surface area (Å²) in [6, 6.07) is 5.44. The molecule has 2 heterocycles. The minimum Gasteiger partial charge on any atom is -0.325 e. The van der Waals surface area contributed by atoms with E-state index < -0.39 is 6.04 Å². The quantitative estimate of drug-likeness (QED) is 0.611. The van der Waals surface area contributed by atoms with Gasteiger partial charge in [0.15, 0.2) is 0 Å². The number of nitrogens with two attached hydrogens (primary N) is 1. The first kappa shape index (κ1) is 20.4. The molecule has 4 aliphatic carbocycles. The van der Waals surface area contributed by atoms with E-state index in [1.54, 1.807) is 4.90 Å². The summed E-state index contributed by atoms with van der Waals surface area (Å²) >= 11 is 0. The Hall–Kier alpha value is -2.25. The number of nitrogens with zero attached hydrogens (tertiary/aromatic N) is 1. The number of nitrogens with one attached hydrogen (secondary N) is 2. The van der Waals surface area contributed by atoms with E-state index in [1.165, 1.54) is 32.1 Å². The van der Waals surface area contributed by atoms with Crippen molar-refractivity contribution in [3.05, 3.63) is 34.9 Å². The third-order valence-electron chi connectivity index (χ3n) is 8.64. The molecule has 1 aromatic carbocycles. The predicted molar refractivity (Wildman–Crippen MR) is 118 cm³/mol. The number of hydrogen-bond donors (Lipinski definition) is 3. The summed E-state index contributed by atoms with van der Waals surface area (Å²) in [5.41, 5.74) is 9.97. The van der Waals surface area contributed by atoms with Crippen LogP contribution in [-0.2, 0) is 22.7 Å². The fourth-order valence-corrected chi connectivity index (χ4v) is 7.94. The van der Waals surface area contributed by atoms with E-state index in [-0.39, 0.29) is 29.7 Å². The Morgan fingerprint density at radius 2 is 1.91 bits per heavy atom. The van der Waals surface area contributed by atoms with E-state index in [9.17, 15) is 14.4 Å². The first-order valence-corrected chi connectivity index (χ1v) is 12.1. The number of amides is 3. The van der Waals surface area contributed by atoms with Gasteiger partial charge in [-0.2, -0.15) is 0 Å². The summed E-state index contributed by atoms with van der Waals surface area (Å²) < 4.78 is 0. The fourth-order valence-electron chi connectivity index (χ4n) is 7.94.